The SMILES string of the molecule is Cc1c(-c2ccccc2)c(C)c2c3ccncc3n3c4cnccc4c1c23. The molecule has 3 heteroatoms. The van der Waals surface area contributed by atoms with Gasteiger partial charge in [0.1, 0.15) is 0 Å². The lowest BCUT2D eigenvalue weighted by Crippen LogP contribution is -1.91. The molecule has 4 heterocycles. The Morgan fingerprint density at radius 1 is 0.704 bits per heavy atom. The van der Waals surface area contributed by atoms with Crippen LogP contribution in [0.15, 0.2) is 67.3 Å². The van der Waals surface area contributed by atoms with Gasteiger partial charge < -0.3 is 4.40 Å². The average Bonchev–Trinajstić information content (AvgIpc) is 3.21. The first-order valence-corrected chi connectivity index (χ1v) is 9.19. The Balaban J connectivity index is 2.00. The summed E-state index contributed by atoms with van der Waals surface area (Å²) in [6, 6.07) is 15.0. The first-order valence-electron chi connectivity index (χ1n) is 9.19. The Labute approximate surface area is 156 Å². The summed E-state index contributed by atoms with van der Waals surface area (Å²) in [6.45, 7) is 4.50. The van der Waals surface area contributed by atoms with Crippen molar-refractivity contribution < 1.29 is 0 Å². The first-order chi connectivity index (χ1) is 13.3. The van der Waals surface area contributed by atoms with Crippen molar-refractivity contribution in [1.82, 2.24) is 14.4 Å². The molecule has 0 saturated heterocycles. The predicted octanol–water partition coefficient (Wildman–Crippen LogP) is 5.91. The molecule has 0 radical (unpaired) electrons. The Morgan fingerprint density at radius 3 is 1.81 bits per heavy atom. The van der Waals surface area contributed by atoms with E-state index in [0.29, 0.717) is 0 Å². The molecule has 0 aliphatic carbocycles. The maximum absolute atomic E-state index is 4.40. The maximum Gasteiger partial charge on any atom is 0.0725 e. The van der Waals surface area contributed by atoms with Crippen molar-refractivity contribution in [1.29, 1.82) is 0 Å². The lowest BCUT2D eigenvalue weighted by atomic mass is 9.89. The zero-order valence-corrected chi connectivity index (χ0v) is 15.2. The molecule has 0 spiro atoms. The summed E-state index contributed by atoms with van der Waals surface area (Å²) in [5.41, 5.74) is 8.83. The van der Waals surface area contributed by atoms with Gasteiger partial charge in [-0.2, -0.15) is 0 Å². The Morgan fingerprint density at radius 2 is 1.26 bits per heavy atom. The molecule has 0 bridgehead atoms. The molecule has 4 aromatic heterocycles. The minimum Gasteiger partial charge on any atom is -0.305 e. The van der Waals surface area contributed by atoms with Crippen molar-refractivity contribution >= 4 is 38.1 Å². The van der Waals surface area contributed by atoms with Crippen LogP contribution < -0.4 is 0 Å². The fourth-order valence-electron chi connectivity index (χ4n) is 4.85. The molecule has 27 heavy (non-hydrogen) atoms. The van der Waals surface area contributed by atoms with E-state index in [-0.39, 0.29) is 0 Å². The molecule has 0 saturated carbocycles. The summed E-state index contributed by atoms with van der Waals surface area (Å²) in [7, 11) is 0. The molecule has 0 aliphatic heterocycles. The highest BCUT2D eigenvalue weighted by molar-refractivity contribution is 6.26. The fraction of sp³-hybridized carbons (Fsp3) is 0.0833. The third kappa shape index (κ3) is 1.71. The third-order valence-electron chi connectivity index (χ3n) is 5.88. The van der Waals surface area contributed by atoms with Gasteiger partial charge in [0.15, 0.2) is 0 Å². The van der Waals surface area contributed by atoms with Gasteiger partial charge in [-0.25, -0.2) is 0 Å². The van der Waals surface area contributed by atoms with E-state index in [2.05, 4.69) is 70.7 Å². The summed E-state index contributed by atoms with van der Waals surface area (Å²) < 4.78 is 2.34. The maximum atomic E-state index is 4.40. The van der Waals surface area contributed by atoms with Gasteiger partial charge >= 0.3 is 0 Å². The Hall–Kier alpha value is -3.46. The van der Waals surface area contributed by atoms with Crippen LogP contribution in [0, 0.1) is 13.8 Å². The van der Waals surface area contributed by atoms with E-state index in [1.165, 1.54) is 49.3 Å². The summed E-state index contributed by atoms with van der Waals surface area (Å²) >= 11 is 0. The van der Waals surface area contributed by atoms with Crippen LogP contribution in [0.3, 0.4) is 0 Å². The molecule has 0 amide bonds. The highest BCUT2D eigenvalue weighted by atomic mass is 14.9. The zero-order valence-electron chi connectivity index (χ0n) is 15.2. The number of hydrogen-bond donors (Lipinski definition) is 0. The van der Waals surface area contributed by atoms with Crippen LogP contribution in [0.1, 0.15) is 11.1 Å². The van der Waals surface area contributed by atoms with Crippen LogP contribution in [-0.4, -0.2) is 14.4 Å². The number of fused-ring (bicyclic) bond motifs is 6. The van der Waals surface area contributed by atoms with Crippen LogP contribution >= 0.6 is 0 Å². The van der Waals surface area contributed by atoms with Gasteiger partial charge in [-0.05, 0) is 48.2 Å². The second kappa shape index (κ2) is 5.04. The van der Waals surface area contributed by atoms with Crippen molar-refractivity contribution in [3.63, 3.8) is 0 Å². The van der Waals surface area contributed by atoms with Crippen molar-refractivity contribution in [3.05, 3.63) is 78.4 Å². The molecule has 0 unspecified atom stereocenters. The molecule has 0 atom stereocenters. The molecular weight excluding hydrogens is 330 g/mol. The Kier molecular flexibility index (Phi) is 2.74. The normalized spacial score (nSPS) is 12.1. The Bertz CT molecular complexity index is 1390. The van der Waals surface area contributed by atoms with Crippen LogP contribution in [0.2, 0.25) is 0 Å². The minimum atomic E-state index is 1.15. The summed E-state index contributed by atoms with van der Waals surface area (Å²) in [6.07, 6.45) is 7.72. The molecule has 0 fully saturated rings. The number of hydrogen-bond acceptors (Lipinski definition) is 2. The van der Waals surface area contributed by atoms with Crippen molar-refractivity contribution in [2.24, 2.45) is 0 Å². The third-order valence-corrected chi connectivity index (χ3v) is 5.88. The lowest BCUT2D eigenvalue weighted by molar-refractivity contribution is 1.27. The van der Waals surface area contributed by atoms with E-state index in [1.54, 1.807) is 0 Å². The fourth-order valence-corrected chi connectivity index (χ4v) is 4.85. The second-order valence-electron chi connectivity index (χ2n) is 7.21. The van der Waals surface area contributed by atoms with Crippen LogP contribution in [-0.2, 0) is 0 Å². The van der Waals surface area contributed by atoms with Gasteiger partial charge in [0, 0.05) is 33.9 Å². The standard InChI is InChI=1S/C24H17N3/c1-14-21(16-6-4-3-5-7-16)15(2)23-18-9-11-26-13-20(18)27-19-12-25-10-8-17(19)22(14)24(23)27/h3-13H,1-2H3. The molecule has 128 valence electrons. The van der Waals surface area contributed by atoms with Gasteiger partial charge in [-0.15, -0.1) is 0 Å². The van der Waals surface area contributed by atoms with E-state index < -0.39 is 0 Å². The zero-order chi connectivity index (χ0) is 18.1. The second-order valence-corrected chi connectivity index (χ2v) is 7.21. The highest BCUT2D eigenvalue weighted by Gasteiger charge is 2.23. The van der Waals surface area contributed by atoms with Gasteiger partial charge in [-0.3, -0.25) is 9.97 Å². The highest BCUT2D eigenvalue weighted by Crippen LogP contribution is 2.45. The average molecular weight is 347 g/mol. The van der Waals surface area contributed by atoms with E-state index >= 15 is 0 Å². The number of benzene rings is 2. The number of nitrogens with zero attached hydrogens (tertiary/aromatic N) is 3. The topological polar surface area (TPSA) is 30.2 Å². The summed E-state index contributed by atoms with van der Waals surface area (Å²) in [4.78, 5) is 8.81. The molecule has 0 aliphatic rings. The monoisotopic (exact) mass is 347 g/mol. The minimum absolute atomic E-state index is 1.15. The van der Waals surface area contributed by atoms with Crippen LogP contribution in [0.4, 0.5) is 0 Å². The molecular formula is C24H17N3. The van der Waals surface area contributed by atoms with Crippen molar-refractivity contribution in [2.75, 3.05) is 0 Å². The number of rotatable bonds is 1. The molecule has 6 aromatic rings. The summed E-state index contributed by atoms with van der Waals surface area (Å²) in [5.74, 6) is 0. The van der Waals surface area contributed by atoms with Gasteiger partial charge in [-0.1, -0.05) is 30.3 Å². The number of pyridine rings is 2. The smallest absolute Gasteiger partial charge is 0.0725 e. The van der Waals surface area contributed by atoms with E-state index in [4.69, 9.17) is 0 Å². The molecule has 3 nitrogen and oxygen atoms in total. The first kappa shape index (κ1) is 14.7. The quantitative estimate of drug-likeness (QED) is 0.370. The molecule has 2 aromatic carbocycles. The van der Waals surface area contributed by atoms with Crippen molar-refractivity contribution in [2.45, 2.75) is 13.8 Å². The van der Waals surface area contributed by atoms with Crippen LogP contribution in [0.25, 0.3) is 49.2 Å². The predicted molar refractivity (Wildman–Crippen MR) is 112 cm³/mol. The van der Waals surface area contributed by atoms with Gasteiger partial charge in [0.2, 0.25) is 0 Å². The van der Waals surface area contributed by atoms with E-state index in [0.717, 1.165) is 11.0 Å². The van der Waals surface area contributed by atoms with E-state index in [1.807, 2.05) is 24.8 Å². The lowest BCUT2D eigenvalue weighted by Gasteiger charge is -2.14. The van der Waals surface area contributed by atoms with Crippen molar-refractivity contribution in [3.8, 4) is 11.1 Å². The van der Waals surface area contributed by atoms with Crippen LogP contribution in [0.5, 0.6) is 0 Å². The summed E-state index contributed by atoms with van der Waals surface area (Å²) in [5, 5.41) is 5.15. The molecule has 6 rings (SSSR count). The van der Waals surface area contributed by atoms with E-state index in [9.17, 15) is 0 Å². The van der Waals surface area contributed by atoms with Gasteiger partial charge in [0.25, 0.3) is 0 Å². The molecule has 0 N–H and O–H groups in total. The number of aryl methyl sites for hydroxylation is 2. The largest absolute Gasteiger partial charge is 0.305 e. The van der Waals surface area contributed by atoms with Gasteiger partial charge in [0.05, 0.1) is 28.9 Å². The number of aromatic nitrogens is 3.